The van der Waals surface area contributed by atoms with E-state index in [1.165, 1.54) is 12.8 Å². The summed E-state index contributed by atoms with van der Waals surface area (Å²) < 4.78 is 5.23. The molecule has 2 N–H and O–H groups in total. The highest BCUT2D eigenvalue weighted by atomic mass is 16.5. The summed E-state index contributed by atoms with van der Waals surface area (Å²) in [7, 11) is 0. The van der Waals surface area contributed by atoms with Gasteiger partial charge in [-0.25, -0.2) is 0 Å². The van der Waals surface area contributed by atoms with Gasteiger partial charge in [-0.05, 0) is 31.6 Å². The van der Waals surface area contributed by atoms with Crippen molar-refractivity contribution in [2.45, 2.75) is 45.8 Å². The first kappa shape index (κ1) is 10.5. The van der Waals surface area contributed by atoms with Gasteiger partial charge in [0, 0.05) is 0 Å². The van der Waals surface area contributed by atoms with Crippen molar-refractivity contribution in [1.29, 1.82) is 0 Å². The summed E-state index contributed by atoms with van der Waals surface area (Å²) in [5.41, 5.74) is 5.65. The molecule has 0 aromatic rings. The van der Waals surface area contributed by atoms with Gasteiger partial charge in [0.1, 0.15) is 12.1 Å². The molecule has 0 aliphatic heterocycles. The second-order valence-electron chi connectivity index (χ2n) is 4.25. The molecule has 3 nitrogen and oxygen atoms in total. The lowest BCUT2D eigenvalue weighted by atomic mass is 10.1. The predicted octanol–water partition coefficient (Wildman–Crippen LogP) is 1.31. The zero-order valence-electron chi connectivity index (χ0n) is 8.62. The number of esters is 1. The molecule has 1 fully saturated rings. The van der Waals surface area contributed by atoms with Crippen LogP contribution in [0.3, 0.4) is 0 Å². The van der Waals surface area contributed by atoms with Crippen LogP contribution >= 0.6 is 0 Å². The van der Waals surface area contributed by atoms with Crippen molar-refractivity contribution in [2.24, 2.45) is 17.6 Å². The Hall–Kier alpha value is -0.570. The van der Waals surface area contributed by atoms with E-state index in [0.717, 1.165) is 0 Å². The van der Waals surface area contributed by atoms with Gasteiger partial charge in [-0.2, -0.15) is 0 Å². The smallest absolute Gasteiger partial charge is 0.323 e. The number of carbonyl (C=O) groups excluding carboxylic acids is 1. The molecule has 2 atom stereocenters. The van der Waals surface area contributed by atoms with E-state index < -0.39 is 6.04 Å². The Morgan fingerprint density at radius 2 is 1.92 bits per heavy atom. The fourth-order valence-corrected chi connectivity index (χ4v) is 1.20. The molecular weight excluding hydrogens is 166 g/mol. The first-order valence-corrected chi connectivity index (χ1v) is 4.98. The van der Waals surface area contributed by atoms with Crippen LogP contribution in [-0.4, -0.2) is 18.1 Å². The second-order valence-corrected chi connectivity index (χ2v) is 4.25. The van der Waals surface area contributed by atoms with Gasteiger partial charge in [-0.1, -0.05) is 13.8 Å². The molecule has 1 aliphatic carbocycles. The first-order chi connectivity index (χ1) is 6.02. The standard InChI is InChI=1S/C10H19NO2/c1-6(2)9(11)10(12)13-7(3)8-4-5-8/h6-9H,4-5,11H2,1-3H3/t7?,9-/m0/s1. The van der Waals surface area contributed by atoms with Crippen molar-refractivity contribution >= 4 is 5.97 Å². The number of ether oxygens (including phenoxy) is 1. The largest absolute Gasteiger partial charge is 0.461 e. The number of rotatable bonds is 4. The molecule has 1 unspecified atom stereocenters. The molecule has 0 heterocycles. The molecule has 0 spiro atoms. The Morgan fingerprint density at radius 1 is 1.38 bits per heavy atom. The maximum Gasteiger partial charge on any atom is 0.323 e. The number of hydrogen-bond donors (Lipinski definition) is 1. The highest BCUT2D eigenvalue weighted by molar-refractivity contribution is 5.75. The topological polar surface area (TPSA) is 52.3 Å². The summed E-state index contributed by atoms with van der Waals surface area (Å²) in [6.07, 6.45) is 2.42. The molecule has 1 rings (SSSR count). The Labute approximate surface area is 79.6 Å². The molecule has 0 bridgehead atoms. The van der Waals surface area contributed by atoms with E-state index in [4.69, 9.17) is 10.5 Å². The summed E-state index contributed by atoms with van der Waals surface area (Å²) in [5.74, 6) is 0.483. The van der Waals surface area contributed by atoms with Crippen LogP contribution in [0.1, 0.15) is 33.6 Å². The average molecular weight is 185 g/mol. The van der Waals surface area contributed by atoms with Crippen molar-refractivity contribution in [3.8, 4) is 0 Å². The van der Waals surface area contributed by atoms with Crippen molar-refractivity contribution < 1.29 is 9.53 Å². The molecule has 0 radical (unpaired) electrons. The van der Waals surface area contributed by atoms with Crippen LogP contribution in [0.2, 0.25) is 0 Å². The summed E-state index contributed by atoms with van der Waals surface area (Å²) in [4.78, 5) is 11.4. The number of carbonyl (C=O) groups is 1. The third-order valence-electron chi connectivity index (χ3n) is 2.58. The summed E-state index contributed by atoms with van der Waals surface area (Å²) in [5, 5.41) is 0. The number of hydrogen-bond acceptors (Lipinski definition) is 3. The maximum atomic E-state index is 11.4. The maximum absolute atomic E-state index is 11.4. The molecule has 1 aliphatic rings. The molecule has 0 aromatic carbocycles. The van der Waals surface area contributed by atoms with E-state index in [1.807, 2.05) is 20.8 Å². The third kappa shape index (κ3) is 2.99. The van der Waals surface area contributed by atoms with Crippen LogP contribution in [0.4, 0.5) is 0 Å². The van der Waals surface area contributed by atoms with Crippen molar-refractivity contribution in [3.05, 3.63) is 0 Å². The fraction of sp³-hybridized carbons (Fsp3) is 0.900. The van der Waals surface area contributed by atoms with Crippen LogP contribution in [0, 0.1) is 11.8 Å². The van der Waals surface area contributed by atoms with E-state index >= 15 is 0 Å². The lowest BCUT2D eigenvalue weighted by Crippen LogP contribution is -2.38. The minimum Gasteiger partial charge on any atom is -0.461 e. The Balaban J connectivity index is 2.30. The van der Waals surface area contributed by atoms with Gasteiger partial charge in [-0.3, -0.25) is 4.79 Å². The van der Waals surface area contributed by atoms with E-state index in [-0.39, 0.29) is 18.0 Å². The lowest BCUT2D eigenvalue weighted by Gasteiger charge is -2.18. The van der Waals surface area contributed by atoms with Crippen LogP contribution in [0.15, 0.2) is 0 Å². The monoisotopic (exact) mass is 185 g/mol. The zero-order valence-corrected chi connectivity index (χ0v) is 8.62. The van der Waals surface area contributed by atoms with Gasteiger partial charge >= 0.3 is 5.97 Å². The number of nitrogens with two attached hydrogens (primary N) is 1. The van der Waals surface area contributed by atoms with Crippen LogP contribution in [-0.2, 0) is 9.53 Å². The molecular formula is C10H19NO2. The first-order valence-electron chi connectivity index (χ1n) is 4.98. The average Bonchev–Trinajstić information content (AvgIpc) is 2.84. The van der Waals surface area contributed by atoms with Crippen LogP contribution in [0.25, 0.3) is 0 Å². The van der Waals surface area contributed by atoms with Gasteiger partial charge in [-0.15, -0.1) is 0 Å². The van der Waals surface area contributed by atoms with Gasteiger partial charge in [0.25, 0.3) is 0 Å². The highest BCUT2D eigenvalue weighted by Gasteiger charge is 2.32. The van der Waals surface area contributed by atoms with E-state index in [1.54, 1.807) is 0 Å². The predicted molar refractivity (Wildman–Crippen MR) is 51.1 cm³/mol. The Bertz CT molecular complexity index is 187. The molecule has 0 aromatic heterocycles. The summed E-state index contributed by atoms with van der Waals surface area (Å²) >= 11 is 0. The van der Waals surface area contributed by atoms with Crippen molar-refractivity contribution in [2.75, 3.05) is 0 Å². The highest BCUT2D eigenvalue weighted by Crippen LogP contribution is 2.34. The zero-order chi connectivity index (χ0) is 10.0. The van der Waals surface area contributed by atoms with Crippen LogP contribution in [0.5, 0.6) is 0 Å². The van der Waals surface area contributed by atoms with E-state index in [2.05, 4.69) is 0 Å². The molecule has 3 heteroatoms. The third-order valence-corrected chi connectivity index (χ3v) is 2.58. The molecule has 0 amide bonds. The Morgan fingerprint density at radius 3 is 2.31 bits per heavy atom. The molecule has 13 heavy (non-hydrogen) atoms. The Kier molecular flexibility index (Phi) is 3.31. The van der Waals surface area contributed by atoms with E-state index in [9.17, 15) is 4.79 Å². The van der Waals surface area contributed by atoms with Gasteiger partial charge < -0.3 is 10.5 Å². The quantitative estimate of drug-likeness (QED) is 0.672. The lowest BCUT2D eigenvalue weighted by molar-refractivity contribution is -0.151. The molecule has 0 saturated heterocycles. The summed E-state index contributed by atoms with van der Waals surface area (Å²) in [6, 6.07) is -0.471. The SMILES string of the molecule is CC(OC(=O)[C@@H](N)C(C)C)C1CC1. The normalized spacial score (nSPS) is 21.3. The second kappa shape index (κ2) is 4.09. The summed E-state index contributed by atoms with van der Waals surface area (Å²) in [6.45, 7) is 5.80. The van der Waals surface area contributed by atoms with Crippen molar-refractivity contribution in [3.63, 3.8) is 0 Å². The molecule has 1 saturated carbocycles. The minimum absolute atomic E-state index is 0.0531. The van der Waals surface area contributed by atoms with Gasteiger partial charge in [0.2, 0.25) is 0 Å². The van der Waals surface area contributed by atoms with Gasteiger partial charge in [0.05, 0.1) is 0 Å². The fourth-order valence-electron chi connectivity index (χ4n) is 1.20. The molecule has 76 valence electrons. The van der Waals surface area contributed by atoms with E-state index in [0.29, 0.717) is 5.92 Å². The minimum atomic E-state index is -0.471. The van der Waals surface area contributed by atoms with Crippen molar-refractivity contribution in [1.82, 2.24) is 0 Å². The van der Waals surface area contributed by atoms with Crippen LogP contribution < -0.4 is 5.73 Å². The van der Waals surface area contributed by atoms with Gasteiger partial charge in [0.15, 0.2) is 0 Å².